The van der Waals surface area contributed by atoms with Crippen molar-refractivity contribution in [1.29, 1.82) is 0 Å². The molecule has 6 nitrogen and oxygen atoms in total. The number of para-hydroxylation sites is 1. The highest BCUT2D eigenvalue weighted by atomic mass is 32.2. The Labute approximate surface area is 125 Å². The molecule has 1 aromatic carbocycles. The number of benzene rings is 1. The molecule has 0 aromatic heterocycles. The van der Waals surface area contributed by atoms with E-state index in [9.17, 15) is 16.8 Å². The summed E-state index contributed by atoms with van der Waals surface area (Å²) < 4.78 is 49.9. The van der Waals surface area contributed by atoms with Crippen molar-refractivity contribution in [3.63, 3.8) is 0 Å². The third kappa shape index (κ3) is 3.56. The second kappa shape index (κ2) is 5.94. The van der Waals surface area contributed by atoms with E-state index in [1.165, 1.54) is 19.4 Å². The van der Waals surface area contributed by atoms with Crippen LogP contribution < -0.4 is 10.0 Å². The van der Waals surface area contributed by atoms with Crippen molar-refractivity contribution in [2.24, 2.45) is 0 Å². The van der Waals surface area contributed by atoms with Gasteiger partial charge in [0.15, 0.2) is 9.84 Å². The van der Waals surface area contributed by atoms with Crippen LogP contribution in [0, 0.1) is 0 Å². The summed E-state index contributed by atoms with van der Waals surface area (Å²) in [5.41, 5.74) is 0.437. The van der Waals surface area contributed by atoms with Gasteiger partial charge in [-0.25, -0.2) is 21.6 Å². The summed E-state index contributed by atoms with van der Waals surface area (Å²) >= 11 is 0. The highest BCUT2D eigenvalue weighted by Gasteiger charge is 2.35. The minimum atomic E-state index is -3.59. The molecule has 0 spiro atoms. The number of nitrogens with one attached hydrogen (secondary N) is 2. The fraction of sp³-hybridized carbons (Fsp3) is 0.538. The average molecular weight is 332 g/mol. The predicted molar refractivity (Wildman–Crippen MR) is 82.6 cm³/mol. The molecule has 0 amide bonds. The van der Waals surface area contributed by atoms with E-state index in [2.05, 4.69) is 10.0 Å². The lowest BCUT2D eigenvalue weighted by Crippen LogP contribution is -2.35. The molecule has 1 aromatic rings. The lowest BCUT2D eigenvalue weighted by Gasteiger charge is -2.22. The van der Waals surface area contributed by atoms with Crippen molar-refractivity contribution in [3.05, 3.63) is 24.3 Å². The molecule has 1 aliphatic rings. The van der Waals surface area contributed by atoms with E-state index < -0.39 is 25.1 Å². The van der Waals surface area contributed by atoms with E-state index in [-0.39, 0.29) is 10.9 Å². The molecule has 2 atom stereocenters. The van der Waals surface area contributed by atoms with Crippen LogP contribution >= 0.6 is 0 Å². The molecule has 8 heteroatoms. The van der Waals surface area contributed by atoms with Gasteiger partial charge in [0.05, 0.1) is 10.9 Å². The van der Waals surface area contributed by atoms with Crippen LogP contribution in [0.1, 0.15) is 19.3 Å². The summed E-state index contributed by atoms with van der Waals surface area (Å²) in [6.45, 7) is 0. The van der Waals surface area contributed by atoms with E-state index in [1.807, 2.05) is 0 Å². The van der Waals surface area contributed by atoms with Crippen LogP contribution in [0.15, 0.2) is 29.2 Å². The number of rotatable bonds is 5. The smallest absolute Gasteiger partial charge is 0.242 e. The Morgan fingerprint density at radius 2 is 1.76 bits per heavy atom. The normalized spacial score (nSPS) is 23.1. The van der Waals surface area contributed by atoms with Crippen LogP contribution in [0.4, 0.5) is 5.69 Å². The zero-order chi connectivity index (χ0) is 15.7. The summed E-state index contributed by atoms with van der Waals surface area (Å²) in [6.07, 6.45) is 3.37. The number of hydrogen-bond donors (Lipinski definition) is 2. The molecule has 1 aliphatic carbocycles. The second-order valence-corrected chi connectivity index (χ2v) is 9.37. The molecule has 2 rings (SSSR count). The fourth-order valence-corrected chi connectivity index (χ4v) is 5.02. The van der Waals surface area contributed by atoms with E-state index >= 15 is 0 Å². The highest BCUT2D eigenvalue weighted by molar-refractivity contribution is 7.91. The molecular weight excluding hydrogens is 312 g/mol. The Bertz CT molecular complexity index is 713. The fourth-order valence-electron chi connectivity index (χ4n) is 2.73. The zero-order valence-electron chi connectivity index (χ0n) is 12.0. The summed E-state index contributed by atoms with van der Waals surface area (Å²) in [6, 6.07) is 6.26. The lowest BCUT2D eigenvalue weighted by atomic mass is 10.2. The first-order valence-electron chi connectivity index (χ1n) is 6.73. The number of hydrogen-bond acceptors (Lipinski definition) is 5. The van der Waals surface area contributed by atoms with E-state index in [0.717, 1.165) is 6.42 Å². The Kier molecular flexibility index (Phi) is 4.60. The molecule has 0 saturated heterocycles. The van der Waals surface area contributed by atoms with Crippen LogP contribution in [0.2, 0.25) is 0 Å². The molecule has 1 fully saturated rings. The predicted octanol–water partition coefficient (Wildman–Crippen LogP) is 0.972. The first-order chi connectivity index (χ1) is 9.75. The summed E-state index contributed by atoms with van der Waals surface area (Å²) in [5.74, 6) is 0. The molecule has 2 N–H and O–H groups in total. The summed E-state index contributed by atoms with van der Waals surface area (Å²) in [7, 11) is -5.39. The molecular formula is C13H20N2O4S2. The second-order valence-electron chi connectivity index (χ2n) is 5.25. The minimum absolute atomic E-state index is 0.131. The Morgan fingerprint density at radius 1 is 1.10 bits per heavy atom. The maximum Gasteiger partial charge on any atom is 0.242 e. The molecule has 1 saturated carbocycles. The monoisotopic (exact) mass is 332 g/mol. The zero-order valence-corrected chi connectivity index (χ0v) is 13.7. The molecule has 0 bridgehead atoms. The van der Waals surface area contributed by atoms with Gasteiger partial charge >= 0.3 is 0 Å². The third-order valence-corrected chi connectivity index (χ3v) is 6.93. The Morgan fingerprint density at radius 3 is 2.38 bits per heavy atom. The standard InChI is InChI=1S/C13H20N2O4S2/c1-14-21(18,19)13-8-4-3-6-11(13)15-10-7-5-9-12(10)20(2,16)17/h3-4,6,8,10,12,14-15H,5,7,9H2,1-2H3. The third-order valence-electron chi connectivity index (χ3n) is 3.79. The Balaban J connectivity index is 2.33. The number of anilines is 1. The average Bonchev–Trinajstić information content (AvgIpc) is 2.87. The quantitative estimate of drug-likeness (QED) is 0.838. The van der Waals surface area contributed by atoms with Crippen LogP contribution in [0.3, 0.4) is 0 Å². The van der Waals surface area contributed by atoms with Gasteiger partial charge in [-0.1, -0.05) is 12.1 Å². The molecule has 0 heterocycles. The van der Waals surface area contributed by atoms with Gasteiger partial charge in [0.2, 0.25) is 10.0 Å². The van der Waals surface area contributed by atoms with Crippen molar-refractivity contribution in [1.82, 2.24) is 4.72 Å². The van der Waals surface area contributed by atoms with E-state index in [1.54, 1.807) is 18.2 Å². The summed E-state index contributed by atoms with van der Waals surface area (Å²) in [5, 5.41) is 2.64. The molecule has 0 aliphatic heterocycles. The van der Waals surface area contributed by atoms with Crippen molar-refractivity contribution < 1.29 is 16.8 Å². The van der Waals surface area contributed by atoms with Crippen LogP contribution in [0.25, 0.3) is 0 Å². The van der Waals surface area contributed by atoms with Gasteiger partial charge in [0.1, 0.15) is 4.90 Å². The Hall–Kier alpha value is -1.12. The van der Waals surface area contributed by atoms with Crippen LogP contribution in [-0.4, -0.2) is 41.4 Å². The van der Waals surface area contributed by atoms with Crippen molar-refractivity contribution in [2.75, 3.05) is 18.6 Å². The van der Waals surface area contributed by atoms with Crippen LogP contribution in [0.5, 0.6) is 0 Å². The number of sulfonamides is 1. The highest BCUT2D eigenvalue weighted by Crippen LogP contribution is 2.30. The molecule has 21 heavy (non-hydrogen) atoms. The van der Waals surface area contributed by atoms with Crippen LogP contribution in [-0.2, 0) is 19.9 Å². The van der Waals surface area contributed by atoms with Gasteiger partial charge in [-0.05, 0) is 38.4 Å². The maximum absolute atomic E-state index is 12.0. The molecule has 118 valence electrons. The SMILES string of the molecule is CNS(=O)(=O)c1ccccc1NC1CCCC1S(C)(=O)=O. The van der Waals surface area contributed by atoms with Crippen molar-refractivity contribution in [3.8, 4) is 0 Å². The largest absolute Gasteiger partial charge is 0.380 e. The first-order valence-corrected chi connectivity index (χ1v) is 10.2. The van der Waals surface area contributed by atoms with Gasteiger partial charge < -0.3 is 5.32 Å². The van der Waals surface area contributed by atoms with Gasteiger partial charge in [-0.2, -0.15) is 0 Å². The molecule has 0 radical (unpaired) electrons. The lowest BCUT2D eigenvalue weighted by molar-refractivity contribution is 0.579. The topological polar surface area (TPSA) is 92.3 Å². The van der Waals surface area contributed by atoms with E-state index in [4.69, 9.17) is 0 Å². The summed E-state index contributed by atoms with van der Waals surface area (Å²) in [4.78, 5) is 0.131. The minimum Gasteiger partial charge on any atom is -0.380 e. The maximum atomic E-state index is 12.0. The van der Waals surface area contributed by atoms with Crippen molar-refractivity contribution in [2.45, 2.75) is 35.4 Å². The molecule has 2 unspecified atom stereocenters. The van der Waals surface area contributed by atoms with Gasteiger partial charge in [0.25, 0.3) is 0 Å². The first kappa shape index (κ1) is 16.3. The van der Waals surface area contributed by atoms with E-state index in [0.29, 0.717) is 18.5 Å². The van der Waals surface area contributed by atoms with Crippen molar-refractivity contribution >= 4 is 25.5 Å². The number of sulfone groups is 1. The van der Waals surface area contributed by atoms with Gasteiger partial charge in [0, 0.05) is 12.3 Å². The van der Waals surface area contributed by atoms with Gasteiger partial charge in [-0.15, -0.1) is 0 Å². The van der Waals surface area contributed by atoms with Gasteiger partial charge in [-0.3, -0.25) is 0 Å².